The van der Waals surface area contributed by atoms with Crippen molar-refractivity contribution in [1.29, 1.82) is 0 Å². The van der Waals surface area contributed by atoms with Crippen LogP contribution in [-0.4, -0.2) is 27.9 Å². The van der Waals surface area contributed by atoms with Gasteiger partial charge in [0.1, 0.15) is 0 Å². The molecular weight excluding hydrogens is 300 g/mol. The summed E-state index contributed by atoms with van der Waals surface area (Å²) >= 11 is 0. The van der Waals surface area contributed by atoms with E-state index in [-0.39, 0.29) is 6.54 Å². The van der Waals surface area contributed by atoms with E-state index in [4.69, 9.17) is 0 Å². The van der Waals surface area contributed by atoms with E-state index in [0.29, 0.717) is 11.4 Å². The zero-order valence-electron chi connectivity index (χ0n) is 11.6. The fourth-order valence-electron chi connectivity index (χ4n) is 2.51. The molecule has 2 aromatic rings. The van der Waals surface area contributed by atoms with Crippen molar-refractivity contribution in [2.24, 2.45) is 0 Å². The van der Waals surface area contributed by atoms with Crippen molar-refractivity contribution in [2.45, 2.75) is 25.6 Å². The van der Waals surface area contributed by atoms with Gasteiger partial charge >= 0.3 is 6.18 Å². The Balaban J connectivity index is 1.75. The molecule has 1 fully saturated rings. The van der Waals surface area contributed by atoms with Gasteiger partial charge in [0.05, 0.1) is 6.54 Å². The molecule has 0 aliphatic carbocycles. The van der Waals surface area contributed by atoms with Crippen molar-refractivity contribution in [3.05, 3.63) is 41.6 Å². The minimum Gasteiger partial charge on any atom is -0.354 e. The smallest absolute Gasteiger partial charge is 0.354 e. The largest absolute Gasteiger partial charge is 0.435 e. The standard InChI is InChI=1S/C14H14F4N4/c15-11-7-10(8-19-13(11)21-4-1-2-5-21)9-22-6-3-12(20-22)14(16,17)18/h3,6-8H,1-2,4-5,9H2. The Bertz CT molecular complexity index is 659. The molecular formula is C14H14F4N4. The Morgan fingerprint density at radius 1 is 1.18 bits per heavy atom. The van der Waals surface area contributed by atoms with Gasteiger partial charge in [-0.1, -0.05) is 0 Å². The van der Waals surface area contributed by atoms with Gasteiger partial charge in [0.25, 0.3) is 0 Å². The Kier molecular flexibility index (Phi) is 3.76. The molecule has 3 heterocycles. The number of alkyl halides is 3. The number of anilines is 1. The molecule has 1 aliphatic heterocycles. The lowest BCUT2D eigenvalue weighted by molar-refractivity contribution is -0.141. The minimum atomic E-state index is -4.48. The maximum atomic E-state index is 14.1. The van der Waals surface area contributed by atoms with Crippen LogP contribution in [0.25, 0.3) is 0 Å². The van der Waals surface area contributed by atoms with E-state index in [0.717, 1.165) is 36.7 Å². The first-order valence-corrected chi connectivity index (χ1v) is 6.93. The van der Waals surface area contributed by atoms with Crippen LogP contribution < -0.4 is 4.90 Å². The van der Waals surface area contributed by atoms with Crippen LogP contribution in [0.4, 0.5) is 23.4 Å². The third-order valence-corrected chi connectivity index (χ3v) is 3.56. The van der Waals surface area contributed by atoms with Gasteiger partial charge in [-0.3, -0.25) is 4.68 Å². The molecule has 0 atom stereocenters. The van der Waals surface area contributed by atoms with E-state index in [2.05, 4.69) is 10.1 Å². The number of hydrogen-bond acceptors (Lipinski definition) is 3. The molecule has 1 saturated heterocycles. The summed E-state index contributed by atoms with van der Waals surface area (Å²) in [5.74, 6) is -0.153. The van der Waals surface area contributed by atoms with Gasteiger partial charge in [-0.05, 0) is 30.5 Å². The number of halogens is 4. The van der Waals surface area contributed by atoms with Crippen LogP contribution in [0, 0.1) is 5.82 Å². The average molecular weight is 314 g/mol. The molecule has 0 unspecified atom stereocenters. The van der Waals surface area contributed by atoms with Gasteiger partial charge in [-0.25, -0.2) is 9.37 Å². The summed E-state index contributed by atoms with van der Waals surface area (Å²) in [4.78, 5) is 5.97. The number of nitrogens with zero attached hydrogens (tertiary/aromatic N) is 4. The number of aromatic nitrogens is 3. The molecule has 118 valence electrons. The van der Waals surface area contributed by atoms with Crippen molar-refractivity contribution in [2.75, 3.05) is 18.0 Å². The summed E-state index contributed by atoms with van der Waals surface area (Å²) in [6, 6.07) is 2.19. The number of rotatable bonds is 3. The fourth-order valence-corrected chi connectivity index (χ4v) is 2.51. The van der Waals surface area contributed by atoms with E-state index in [1.165, 1.54) is 18.5 Å². The third kappa shape index (κ3) is 3.05. The zero-order valence-corrected chi connectivity index (χ0v) is 11.6. The molecule has 0 amide bonds. The van der Waals surface area contributed by atoms with Crippen LogP contribution in [0.1, 0.15) is 24.1 Å². The summed E-state index contributed by atoms with van der Waals surface area (Å²) in [5, 5.41) is 3.44. The van der Waals surface area contributed by atoms with Crippen molar-refractivity contribution < 1.29 is 17.6 Å². The second-order valence-electron chi connectivity index (χ2n) is 5.24. The van der Waals surface area contributed by atoms with Crippen LogP contribution in [-0.2, 0) is 12.7 Å². The lowest BCUT2D eigenvalue weighted by atomic mass is 10.2. The highest BCUT2D eigenvalue weighted by Gasteiger charge is 2.33. The quantitative estimate of drug-likeness (QED) is 0.817. The normalized spacial score (nSPS) is 15.5. The fraction of sp³-hybridized carbons (Fsp3) is 0.429. The highest BCUT2D eigenvalue weighted by Crippen LogP contribution is 2.27. The van der Waals surface area contributed by atoms with Gasteiger partial charge in [0.2, 0.25) is 0 Å². The molecule has 8 heteroatoms. The zero-order chi connectivity index (χ0) is 15.7. The van der Waals surface area contributed by atoms with E-state index in [1.807, 2.05) is 4.90 Å². The predicted octanol–water partition coefficient (Wildman–Crippen LogP) is 3.08. The molecule has 0 aromatic carbocycles. The molecule has 4 nitrogen and oxygen atoms in total. The highest BCUT2D eigenvalue weighted by atomic mass is 19.4. The Labute approximate surface area is 124 Å². The Hall–Kier alpha value is -2.12. The van der Waals surface area contributed by atoms with Crippen LogP contribution in [0.15, 0.2) is 24.5 Å². The van der Waals surface area contributed by atoms with Gasteiger partial charge in [-0.2, -0.15) is 18.3 Å². The molecule has 0 bridgehead atoms. The number of pyridine rings is 1. The van der Waals surface area contributed by atoms with Crippen molar-refractivity contribution >= 4 is 5.82 Å². The average Bonchev–Trinajstić information content (AvgIpc) is 3.09. The lowest BCUT2D eigenvalue weighted by Gasteiger charge is -2.17. The lowest BCUT2D eigenvalue weighted by Crippen LogP contribution is -2.20. The predicted molar refractivity (Wildman–Crippen MR) is 72.0 cm³/mol. The summed E-state index contributed by atoms with van der Waals surface area (Å²) < 4.78 is 52.6. The molecule has 0 spiro atoms. The Morgan fingerprint density at radius 2 is 1.91 bits per heavy atom. The minimum absolute atomic E-state index is 0.0419. The van der Waals surface area contributed by atoms with Crippen molar-refractivity contribution in [3.63, 3.8) is 0 Å². The third-order valence-electron chi connectivity index (χ3n) is 3.56. The van der Waals surface area contributed by atoms with Crippen molar-refractivity contribution in [1.82, 2.24) is 14.8 Å². The monoisotopic (exact) mass is 314 g/mol. The first kappa shape index (κ1) is 14.8. The van der Waals surface area contributed by atoms with Gasteiger partial charge in [-0.15, -0.1) is 0 Å². The first-order chi connectivity index (χ1) is 10.4. The second-order valence-corrected chi connectivity index (χ2v) is 5.24. The molecule has 0 N–H and O–H groups in total. The van der Waals surface area contributed by atoms with E-state index >= 15 is 0 Å². The molecule has 0 saturated carbocycles. The number of hydrogen-bond donors (Lipinski definition) is 0. The molecule has 3 rings (SSSR count). The summed E-state index contributed by atoms with van der Waals surface area (Å²) in [6.45, 7) is 1.59. The van der Waals surface area contributed by atoms with Crippen LogP contribution in [0.3, 0.4) is 0 Å². The van der Waals surface area contributed by atoms with Gasteiger partial charge in [0, 0.05) is 25.5 Å². The van der Waals surface area contributed by atoms with Crippen LogP contribution in [0.5, 0.6) is 0 Å². The van der Waals surface area contributed by atoms with Crippen molar-refractivity contribution in [3.8, 4) is 0 Å². The van der Waals surface area contributed by atoms with Gasteiger partial charge in [0.15, 0.2) is 17.3 Å². The molecule has 2 aromatic heterocycles. The van der Waals surface area contributed by atoms with E-state index in [9.17, 15) is 17.6 Å². The maximum Gasteiger partial charge on any atom is 0.435 e. The first-order valence-electron chi connectivity index (χ1n) is 6.93. The summed E-state index contributed by atoms with van der Waals surface area (Å²) in [6.07, 6.45) is 0.238. The molecule has 22 heavy (non-hydrogen) atoms. The molecule has 0 radical (unpaired) electrons. The maximum absolute atomic E-state index is 14.1. The van der Waals surface area contributed by atoms with Gasteiger partial charge < -0.3 is 4.90 Å². The second kappa shape index (κ2) is 5.58. The Morgan fingerprint density at radius 3 is 2.50 bits per heavy atom. The van der Waals surface area contributed by atoms with E-state index < -0.39 is 17.7 Å². The summed E-state index contributed by atoms with van der Waals surface area (Å²) in [5.41, 5.74) is -0.494. The van der Waals surface area contributed by atoms with Crippen LogP contribution in [0.2, 0.25) is 0 Å². The molecule has 1 aliphatic rings. The summed E-state index contributed by atoms with van der Waals surface area (Å²) in [7, 11) is 0. The van der Waals surface area contributed by atoms with Crippen LogP contribution >= 0.6 is 0 Å². The van der Waals surface area contributed by atoms with E-state index in [1.54, 1.807) is 0 Å². The SMILES string of the molecule is Fc1cc(Cn2ccc(C(F)(F)F)n2)cnc1N1CCCC1. The topological polar surface area (TPSA) is 34.0 Å². The highest BCUT2D eigenvalue weighted by molar-refractivity contribution is 5.42.